The van der Waals surface area contributed by atoms with E-state index in [1.165, 1.54) is 23.9 Å². The lowest BCUT2D eigenvalue weighted by Gasteiger charge is -2.06. The fourth-order valence-electron chi connectivity index (χ4n) is 1.57. The van der Waals surface area contributed by atoms with Gasteiger partial charge in [0.05, 0.1) is 0 Å². The molecule has 0 amide bonds. The summed E-state index contributed by atoms with van der Waals surface area (Å²) in [4.78, 5) is 4.22. The third kappa shape index (κ3) is 3.71. The molecule has 20 heavy (non-hydrogen) atoms. The molecule has 3 N–H and O–H groups in total. The second-order valence-corrected chi connectivity index (χ2v) is 5.73. The van der Waals surface area contributed by atoms with Crippen LogP contribution in [0.25, 0.3) is 0 Å². The van der Waals surface area contributed by atoms with Crippen molar-refractivity contribution in [3.05, 3.63) is 57.9 Å². The Kier molecular flexibility index (Phi) is 4.97. The number of benzene rings is 1. The van der Waals surface area contributed by atoms with Crippen molar-refractivity contribution in [2.75, 3.05) is 0 Å². The number of nitrogens with zero attached hydrogens (tertiary/aromatic N) is 2. The van der Waals surface area contributed by atoms with Gasteiger partial charge in [0.25, 0.3) is 0 Å². The van der Waals surface area contributed by atoms with E-state index in [9.17, 15) is 4.39 Å². The zero-order valence-corrected chi connectivity index (χ0v) is 12.7. The number of rotatable bonds is 4. The number of hydrogen-bond donors (Lipinski definition) is 2. The second kappa shape index (κ2) is 6.71. The van der Waals surface area contributed by atoms with E-state index in [1.807, 2.05) is 12.1 Å². The van der Waals surface area contributed by atoms with Crippen LogP contribution in [0, 0.1) is 5.82 Å². The number of aromatic nitrogens is 1. The molecule has 0 aliphatic rings. The van der Waals surface area contributed by atoms with Crippen LogP contribution in [0.15, 0.2) is 51.2 Å². The lowest BCUT2D eigenvalue weighted by Crippen LogP contribution is -2.13. The van der Waals surface area contributed by atoms with Crippen molar-refractivity contribution in [3.63, 3.8) is 0 Å². The highest BCUT2D eigenvalue weighted by Gasteiger charge is 2.07. The minimum atomic E-state index is -0.426. The van der Waals surface area contributed by atoms with Crippen molar-refractivity contribution in [3.8, 4) is 0 Å². The quantitative estimate of drug-likeness (QED) is 0.290. The van der Waals surface area contributed by atoms with Crippen molar-refractivity contribution in [2.24, 2.45) is 10.9 Å². The van der Waals surface area contributed by atoms with Crippen molar-refractivity contribution in [1.29, 1.82) is 0 Å². The Morgan fingerprint density at radius 2 is 2.25 bits per heavy atom. The topological polar surface area (TPSA) is 71.5 Å². The van der Waals surface area contributed by atoms with Crippen LogP contribution >= 0.6 is 27.7 Å². The van der Waals surface area contributed by atoms with E-state index in [-0.39, 0.29) is 5.84 Å². The van der Waals surface area contributed by atoms with Crippen LogP contribution in [0.1, 0.15) is 11.1 Å². The predicted molar refractivity (Wildman–Crippen MR) is 80.4 cm³/mol. The highest BCUT2D eigenvalue weighted by Crippen LogP contribution is 2.28. The first-order valence-corrected chi connectivity index (χ1v) is 7.38. The Labute approximate surface area is 128 Å². The van der Waals surface area contributed by atoms with Gasteiger partial charge in [-0.25, -0.2) is 9.37 Å². The summed E-state index contributed by atoms with van der Waals surface area (Å²) in [7, 11) is 0. The van der Waals surface area contributed by atoms with Crippen LogP contribution in [-0.2, 0) is 5.75 Å². The van der Waals surface area contributed by atoms with Crippen LogP contribution in [0.5, 0.6) is 0 Å². The fraction of sp³-hybridized carbons (Fsp3) is 0.0769. The summed E-state index contributed by atoms with van der Waals surface area (Å²) in [6.07, 6.45) is 1.69. The van der Waals surface area contributed by atoms with Crippen LogP contribution in [0.4, 0.5) is 4.39 Å². The lowest BCUT2D eigenvalue weighted by molar-refractivity contribution is 0.318. The van der Waals surface area contributed by atoms with Crippen LogP contribution in [0.2, 0.25) is 0 Å². The number of halogens is 2. The van der Waals surface area contributed by atoms with Gasteiger partial charge in [-0.05, 0) is 51.8 Å². The standard InChI is InChI=1S/C13H11BrFN3OS/c14-11-2-1-3-17-13(11)20-7-8-4-9(12(16)18-19)6-10(15)5-8/h1-6,19H,7H2,(H2,16,18). The molecule has 0 aliphatic carbocycles. The highest BCUT2D eigenvalue weighted by molar-refractivity contribution is 9.10. The average Bonchev–Trinajstić information content (AvgIpc) is 2.45. The third-order valence-corrected chi connectivity index (χ3v) is 4.44. The first-order chi connectivity index (χ1) is 9.60. The molecule has 0 fully saturated rings. The van der Waals surface area contributed by atoms with E-state index >= 15 is 0 Å². The molecule has 1 aromatic carbocycles. The molecule has 0 unspecified atom stereocenters. The minimum Gasteiger partial charge on any atom is -0.409 e. The molecule has 2 aromatic rings. The van der Waals surface area contributed by atoms with Gasteiger partial charge in [-0.1, -0.05) is 5.16 Å². The van der Waals surface area contributed by atoms with Gasteiger partial charge in [0, 0.05) is 22.0 Å². The van der Waals surface area contributed by atoms with Crippen molar-refractivity contribution >= 4 is 33.5 Å². The molecule has 0 spiro atoms. The van der Waals surface area contributed by atoms with Crippen molar-refractivity contribution in [2.45, 2.75) is 10.8 Å². The Balaban J connectivity index is 2.18. The Morgan fingerprint density at radius 3 is 2.95 bits per heavy atom. The number of pyridine rings is 1. The molecule has 0 bridgehead atoms. The summed E-state index contributed by atoms with van der Waals surface area (Å²) in [5.41, 5.74) is 6.55. The van der Waals surface area contributed by atoms with Gasteiger partial charge < -0.3 is 10.9 Å². The summed E-state index contributed by atoms with van der Waals surface area (Å²) >= 11 is 4.87. The molecule has 104 valence electrons. The fourth-order valence-corrected chi connectivity index (χ4v) is 2.98. The predicted octanol–water partition coefficient (Wildman–Crippen LogP) is 3.37. The van der Waals surface area contributed by atoms with Crippen molar-refractivity contribution in [1.82, 2.24) is 4.98 Å². The maximum Gasteiger partial charge on any atom is 0.170 e. The van der Waals surface area contributed by atoms with Gasteiger partial charge in [-0.15, -0.1) is 11.8 Å². The van der Waals surface area contributed by atoms with E-state index < -0.39 is 5.82 Å². The average molecular weight is 356 g/mol. The van der Waals surface area contributed by atoms with E-state index in [1.54, 1.807) is 12.3 Å². The molecule has 0 aliphatic heterocycles. The Morgan fingerprint density at radius 1 is 1.45 bits per heavy atom. The molecular formula is C13H11BrFN3OS. The zero-order chi connectivity index (χ0) is 14.5. The normalized spacial score (nSPS) is 11.6. The van der Waals surface area contributed by atoms with Crippen LogP contribution < -0.4 is 5.73 Å². The number of hydrogen-bond acceptors (Lipinski definition) is 4. The molecule has 0 radical (unpaired) electrons. The first-order valence-electron chi connectivity index (χ1n) is 5.61. The molecule has 4 nitrogen and oxygen atoms in total. The summed E-state index contributed by atoms with van der Waals surface area (Å²) in [6, 6.07) is 8.04. The maximum atomic E-state index is 13.5. The van der Waals surface area contributed by atoms with Gasteiger partial charge in [0.15, 0.2) is 5.84 Å². The monoisotopic (exact) mass is 355 g/mol. The molecule has 2 rings (SSSR count). The van der Waals surface area contributed by atoms with E-state index in [0.717, 1.165) is 15.1 Å². The second-order valence-electron chi connectivity index (χ2n) is 3.91. The van der Waals surface area contributed by atoms with Gasteiger partial charge in [-0.2, -0.15) is 0 Å². The molecule has 0 saturated carbocycles. The van der Waals surface area contributed by atoms with Gasteiger partial charge >= 0.3 is 0 Å². The Bertz CT molecular complexity index is 651. The number of oxime groups is 1. The highest BCUT2D eigenvalue weighted by atomic mass is 79.9. The SMILES string of the molecule is N/C(=N/O)c1cc(F)cc(CSc2ncccc2Br)c1. The molecule has 7 heteroatoms. The van der Waals surface area contributed by atoms with Gasteiger partial charge in [0.1, 0.15) is 10.8 Å². The summed E-state index contributed by atoms with van der Waals surface area (Å²) < 4.78 is 14.4. The van der Waals surface area contributed by atoms with Gasteiger partial charge in [0.2, 0.25) is 0 Å². The molecular weight excluding hydrogens is 345 g/mol. The van der Waals surface area contributed by atoms with Crippen LogP contribution in [0.3, 0.4) is 0 Å². The van der Waals surface area contributed by atoms with E-state index in [0.29, 0.717) is 11.3 Å². The lowest BCUT2D eigenvalue weighted by atomic mass is 10.1. The summed E-state index contributed by atoms with van der Waals surface area (Å²) in [5.74, 6) is -0.0152. The number of amidine groups is 1. The molecule has 1 heterocycles. The number of nitrogens with two attached hydrogens (primary N) is 1. The third-order valence-electron chi connectivity index (χ3n) is 2.46. The van der Waals surface area contributed by atoms with Gasteiger partial charge in [-0.3, -0.25) is 0 Å². The molecule has 0 atom stereocenters. The maximum absolute atomic E-state index is 13.5. The summed E-state index contributed by atoms with van der Waals surface area (Å²) in [6.45, 7) is 0. The zero-order valence-electron chi connectivity index (χ0n) is 10.3. The molecule has 0 saturated heterocycles. The largest absolute Gasteiger partial charge is 0.409 e. The van der Waals surface area contributed by atoms with E-state index in [2.05, 4.69) is 26.1 Å². The van der Waals surface area contributed by atoms with Crippen LogP contribution in [-0.4, -0.2) is 16.0 Å². The summed E-state index contributed by atoms with van der Waals surface area (Å²) in [5, 5.41) is 12.3. The smallest absolute Gasteiger partial charge is 0.170 e. The van der Waals surface area contributed by atoms with Crippen molar-refractivity contribution < 1.29 is 9.60 Å². The number of thioether (sulfide) groups is 1. The first kappa shape index (κ1) is 14.8. The Hall–Kier alpha value is -1.60. The molecule has 1 aromatic heterocycles. The minimum absolute atomic E-state index is 0.116. The van der Waals surface area contributed by atoms with E-state index in [4.69, 9.17) is 10.9 Å².